The molecule has 0 bridgehead atoms. The predicted octanol–water partition coefficient (Wildman–Crippen LogP) is 3.65. The number of aryl methyl sites for hydroxylation is 1. The van der Waals surface area contributed by atoms with E-state index in [1.54, 1.807) is 0 Å². The number of hydrazone groups is 1. The second-order valence-corrected chi connectivity index (χ2v) is 6.76. The molecule has 0 spiro atoms. The summed E-state index contributed by atoms with van der Waals surface area (Å²) in [5.74, 6) is 0.0409. The van der Waals surface area contributed by atoms with Crippen LogP contribution in [0.25, 0.3) is 5.70 Å². The Balaban J connectivity index is 1.76. The molecule has 2 unspecified atom stereocenters. The first-order chi connectivity index (χ1) is 12.7. The molecule has 2 aliphatic heterocycles. The van der Waals surface area contributed by atoms with Gasteiger partial charge in [0, 0.05) is 35.8 Å². The fourth-order valence-corrected chi connectivity index (χ4v) is 3.99. The van der Waals surface area contributed by atoms with E-state index in [0.29, 0.717) is 0 Å². The number of anilines is 1. The smallest absolute Gasteiger partial charge is 0.0945 e. The fourth-order valence-electron chi connectivity index (χ4n) is 3.99. The minimum absolute atomic E-state index is 0.0409. The third-order valence-corrected chi connectivity index (χ3v) is 5.23. The van der Waals surface area contributed by atoms with Gasteiger partial charge in [0.1, 0.15) is 0 Å². The maximum atomic E-state index is 4.72. The summed E-state index contributed by atoms with van der Waals surface area (Å²) in [5, 5.41) is 8.47. The summed E-state index contributed by atoms with van der Waals surface area (Å²) in [6.07, 6.45) is 3.77. The van der Waals surface area contributed by atoms with E-state index in [1.165, 1.54) is 5.56 Å². The van der Waals surface area contributed by atoms with Crippen LogP contribution in [0.1, 0.15) is 34.3 Å². The third-order valence-electron chi connectivity index (χ3n) is 5.23. The lowest BCUT2D eigenvalue weighted by atomic mass is 9.78. The quantitative estimate of drug-likeness (QED) is 0.748. The van der Waals surface area contributed by atoms with Crippen molar-refractivity contribution in [2.75, 3.05) is 5.32 Å². The van der Waals surface area contributed by atoms with Crippen LogP contribution in [0, 0.1) is 0 Å². The van der Waals surface area contributed by atoms with Crippen molar-refractivity contribution >= 4 is 17.1 Å². The molecule has 0 aliphatic carbocycles. The van der Waals surface area contributed by atoms with Crippen LogP contribution in [-0.4, -0.2) is 15.3 Å². The van der Waals surface area contributed by atoms with Gasteiger partial charge in [-0.1, -0.05) is 49.0 Å². The Bertz CT molecular complexity index is 1030. The summed E-state index contributed by atoms with van der Waals surface area (Å²) < 4.78 is 2.07. The Morgan fingerprint density at radius 1 is 1.08 bits per heavy atom. The average Bonchev–Trinajstić information content (AvgIpc) is 3.10. The van der Waals surface area contributed by atoms with Crippen LogP contribution in [-0.2, 0) is 7.05 Å². The van der Waals surface area contributed by atoms with Crippen molar-refractivity contribution < 1.29 is 0 Å². The van der Waals surface area contributed by atoms with Gasteiger partial charge in [-0.15, -0.1) is 0 Å². The zero-order valence-corrected chi connectivity index (χ0v) is 14.5. The van der Waals surface area contributed by atoms with E-state index in [4.69, 9.17) is 5.10 Å². The normalized spacial score (nSPS) is 20.7. The standard InChI is InChI=1S/C21H19N5/c1-13-15-9-6-10-16-18(15)21(25-24-13)19(17-11-22-12-26(17)2)20(23-16)14-7-4-3-5-8-14/h3-12,19-20,23-24H,1H2,2H3. The number of nitrogens with zero attached hydrogens (tertiary/aromatic N) is 3. The summed E-state index contributed by atoms with van der Waals surface area (Å²) in [5.41, 5.74) is 10.6. The molecular weight excluding hydrogens is 322 g/mol. The predicted molar refractivity (Wildman–Crippen MR) is 104 cm³/mol. The molecule has 0 saturated heterocycles. The summed E-state index contributed by atoms with van der Waals surface area (Å²) in [6.45, 7) is 4.11. The first-order valence-corrected chi connectivity index (χ1v) is 8.68. The SMILES string of the molecule is C=C1NN=C2c3c(cccc31)NC(c1ccccc1)C2c1cncn1C. The number of rotatable bonds is 2. The van der Waals surface area contributed by atoms with E-state index in [2.05, 4.69) is 69.3 Å². The largest absolute Gasteiger partial charge is 0.377 e. The third kappa shape index (κ3) is 2.10. The average molecular weight is 341 g/mol. The number of hydrogen-bond acceptors (Lipinski definition) is 4. The highest BCUT2D eigenvalue weighted by molar-refractivity contribution is 6.15. The molecule has 5 heteroatoms. The van der Waals surface area contributed by atoms with Gasteiger partial charge in [0.25, 0.3) is 0 Å². The molecule has 2 aliphatic rings. The van der Waals surface area contributed by atoms with Gasteiger partial charge in [0.2, 0.25) is 0 Å². The molecule has 2 aromatic carbocycles. The summed E-state index contributed by atoms with van der Waals surface area (Å²) in [4.78, 5) is 4.35. The molecule has 2 N–H and O–H groups in total. The van der Waals surface area contributed by atoms with Crippen molar-refractivity contribution in [3.8, 4) is 0 Å². The monoisotopic (exact) mass is 341 g/mol. The maximum Gasteiger partial charge on any atom is 0.0945 e. The van der Waals surface area contributed by atoms with Crippen molar-refractivity contribution in [1.82, 2.24) is 15.0 Å². The molecule has 1 aromatic heterocycles. The summed E-state index contributed by atoms with van der Waals surface area (Å²) in [6, 6.07) is 16.8. The Labute approximate surface area is 152 Å². The second kappa shape index (κ2) is 5.59. The van der Waals surface area contributed by atoms with Gasteiger partial charge in [0.05, 0.1) is 29.7 Å². The van der Waals surface area contributed by atoms with Gasteiger partial charge in [0.15, 0.2) is 0 Å². The van der Waals surface area contributed by atoms with Gasteiger partial charge in [-0.3, -0.25) is 5.43 Å². The minimum Gasteiger partial charge on any atom is -0.377 e. The zero-order chi connectivity index (χ0) is 17.7. The van der Waals surface area contributed by atoms with E-state index < -0.39 is 0 Å². The molecular formula is C21H19N5. The Morgan fingerprint density at radius 3 is 2.69 bits per heavy atom. The topological polar surface area (TPSA) is 54.2 Å². The Morgan fingerprint density at radius 2 is 1.92 bits per heavy atom. The first-order valence-electron chi connectivity index (χ1n) is 8.68. The van der Waals surface area contributed by atoms with Crippen LogP contribution < -0.4 is 10.7 Å². The molecule has 3 heterocycles. The molecule has 0 amide bonds. The molecule has 5 rings (SSSR count). The van der Waals surface area contributed by atoms with E-state index in [9.17, 15) is 0 Å². The summed E-state index contributed by atoms with van der Waals surface area (Å²) in [7, 11) is 2.03. The number of benzene rings is 2. The van der Waals surface area contributed by atoms with Crippen molar-refractivity contribution in [2.24, 2.45) is 12.1 Å². The van der Waals surface area contributed by atoms with Gasteiger partial charge in [-0.25, -0.2) is 4.98 Å². The first kappa shape index (κ1) is 15.0. The van der Waals surface area contributed by atoms with E-state index >= 15 is 0 Å². The maximum absolute atomic E-state index is 4.72. The van der Waals surface area contributed by atoms with E-state index in [1.807, 2.05) is 25.6 Å². The van der Waals surface area contributed by atoms with Crippen molar-refractivity contribution in [2.45, 2.75) is 12.0 Å². The van der Waals surface area contributed by atoms with Crippen LogP contribution >= 0.6 is 0 Å². The van der Waals surface area contributed by atoms with Crippen molar-refractivity contribution in [3.05, 3.63) is 90.0 Å². The van der Waals surface area contributed by atoms with E-state index in [-0.39, 0.29) is 12.0 Å². The van der Waals surface area contributed by atoms with Crippen molar-refractivity contribution in [1.29, 1.82) is 0 Å². The van der Waals surface area contributed by atoms with Crippen molar-refractivity contribution in [3.63, 3.8) is 0 Å². The molecule has 0 radical (unpaired) electrons. The lowest BCUT2D eigenvalue weighted by Gasteiger charge is -2.38. The van der Waals surface area contributed by atoms with Crippen LogP contribution in [0.5, 0.6) is 0 Å². The Kier molecular flexibility index (Phi) is 3.22. The summed E-state index contributed by atoms with van der Waals surface area (Å²) >= 11 is 0. The fraction of sp³-hybridized carbons (Fsp3) is 0.143. The lowest BCUT2D eigenvalue weighted by molar-refractivity contribution is 0.653. The number of hydrogen-bond donors (Lipinski definition) is 2. The molecule has 5 nitrogen and oxygen atoms in total. The minimum atomic E-state index is 0.0409. The van der Waals surface area contributed by atoms with E-state index in [0.717, 1.165) is 33.9 Å². The van der Waals surface area contributed by atoms with Gasteiger partial charge < -0.3 is 9.88 Å². The highest BCUT2D eigenvalue weighted by Crippen LogP contribution is 2.45. The van der Waals surface area contributed by atoms with Crippen LogP contribution in [0.2, 0.25) is 0 Å². The molecule has 2 atom stereocenters. The second-order valence-electron chi connectivity index (χ2n) is 6.76. The Hall–Kier alpha value is -3.34. The van der Waals surface area contributed by atoms with Crippen LogP contribution in [0.4, 0.5) is 5.69 Å². The highest BCUT2D eigenvalue weighted by atomic mass is 15.3. The molecule has 0 saturated carbocycles. The number of nitrogens with one attached hydrogen (secondary N) is 2. The number of imidazole rings is 1. The van der Waals surface area contributed by atoms with Gasteiger partial charge in [-0.05, 0) is 11.6 Å². The molecule has 0 fully saturated rings. The number of aromatic nitrogens is 2. The lowest BCUT2D eigenvalue weighted by Crippen LogP contribution is -2.37. The molecule has 26 heavy (non-hydrogen) atoms. The van der Waals surface area contributed by atoms with Crippen LogP contribution in [0.15, 0.2) is 72.7 Å². The van der Waals surface area contributed by atoms with Gasteiger partial charge >= 0.3 is 0 Å². The molecule has 3 aromatic rings. The van der Waals surface area contributed by atoms with Crippen LogP contribution in [0.3, 0.4) is 0 Å². The van der Waals surface area contributed by atoms with Gasteiger partial charge in [-0.2, -0.15) is 5.10 Å². The molecule has 128 valence electrons. The zero-order valence-electron chi connectivity index (χ0n) is 14.5. The highest BCUT2D eigenvalue weighted by Gasteiger charge is 2.40.